The summed E-state index contributed by atoms with van der Waals surface area (Å²) in [5.41, 5.74) is 2.29. The van der Waals surface area contributed by atoms with Crippen molar-refractivity contribution in [2.24, 2.45) is 4.99 Å². The molecule has 30 heavy (non-hydrogen) atoms. The summed E-state index contributed by atoms with van der Waals surface area (Å²) in [6, 6.07) is 17.5. The van der Waals surface area contributed by atoms with Crippen LogP contribution in [0, 0.1) is 0 Å². The molecule has 1 atom stereocenters. The lowest BCUT2D eigenvalue weighted by Crippen LogP contribution is -2.38. The Morgan fingerprint density at radius 2 is 1.67 bits per heavy atom. The van der Waals surface area contributed by atoms with Crippen LogP contribution >= 0.6 is 24.0 Å². The molecule has 0 aromatic heterocycles. The summed E-state index contributed by atoms with van der Waals surface area (Å²) in [5, 5.41) is 6.63. The summed E-state index contributed by atoms with van der Waals surface area (Å²) in [6.07, 6.45) is 1.88. The van der Waals surface area contributed by atoms with Crippen molar-refractivity contribution in [2.75, 3.05) is 26.7 Å². The molecular weight excluding hydrogens is 511 g/mol. The minimum atomic E-state index is -3.36. The van der Waals surface area contributed by atoms with Crippen LogP contribution in [0.15, 0.2) is 64.5 Å². The highest BCUT2D eigenvalue weighted by Crippen LogP contribution is 2.21. The molecule has 8 heteroatoms. The van der Waals surface area contributed by atoms with Gasteiger partial charge in [0.1, 0.15) is 0 Å². The zero-order valence-corrected chi connectivity index (χ0v) is 20.7. The van der Waals surface area contributed by atoms with Gasteiger partial charge in [-0.1, -0.05) is 49.4 Å². The second-order valence-corrected chi connectivity index (χ2v) is 9.31. The summed E-state index contributed by atoms with van der Waals surface area (Å²) in [6.45, 7) is 4.76. The molecule has 0 bridgehead atoms. The van der Waals surface area contributed by atoms with E-state index in [1.165, 1.54) is 5.56 Å². The summed E-state index contributed by atoms with van der Waals surface area (Å²) >= 11 is 0. The molecule has 1 unspecified atom stereocenters. The molecule has 0 radical (unpaired) electrons. The van der Waals surface area contributed by atoms with Crippen molar-refractivity contribution in [3.63, 3.8) is 0 Å². The molecule has 0 amide bonds. The fourth-order valence-electron chi connectivity index (χ4n) is 3.41. The number of guanidine groups is 1. The van der Waals surface area contributed by atoms with E-state index in [0.717, 1.165) is 30.9 Å². The molecule has 1 aliphatic rings. The molecule has 164 valence electrons. The SMILES string of the molecule is CN=C(NCc1ccc(S(=O)(=O)N2CCCC2)cc1)NCC(C)c1ccccc1.I. The van der Waals surface area contributed by atoms with Crippen molar-refractivity contribution in [2.45, 2.75) is 37.1 Å². The number of hydrogen-bond donors (Lipinski definition) is 2. The summed E-state index contributed by atoms with van der Waals surface area (Å²) in [4.78, 5) is 4.63. The van der Waals surface area contributed by atoms with Crippen LogP contribution in [0.2, 0.25) is 0 Å². The molecule has 6 nitrogen and oxygen atoms in total. The van der Waals surface area contributed by atoms with Crippen LogP contribution in [0.3, 0.4) is 0 Å². The Morgan fingerprint density at radius 3 is 2.27 bits per heavy atom. The van der Waals surface area contributed by atoms with Gasteiger partial charge < -0.3 is 10.6 Å². The first-order valence-electron chi connectivity index (χ1n) is 10.1. The third kappa shape index (κ3) is 6.42. The van der Waals surface area contributed by atoms with E-state index in [0.29, 0.717) is 30.4 Å². The van der Waals surface area contributed by atoms with Crippen molar-refractivity contribution in [3.05, 3.63) is 65.7 Å². The van der Waals surface area contributed by atoms with Crippen LogP contribution in [0.1, 0.15) is 36.8 Å². The topological polar surface area (TPSA) is 73.8 Å². The number of nitrogens with zero attached hydrogens (tertiary/aromatic N) is 2. The van der Waals surface area contributed by atoms with Gasteiger partial charge >= 0.3 is 0 Å². The second-order valence-electron chi connectivity index (χ2n) is 7.37. The molecule has 1 heterocycles. The van der Waals surface area contributed by atoms with Gasteiger partial charge in [-0.3, -0.25) is 4.99 Å². The van der Waals surface area contributed by atoms with Gasteiger partial charge in [0.2, 0.25) is 10.0 Å². The van der Waals surface area contributed by atoms with Crippen LogP contribution in [-0.4, -0.2) is 45.4 Å². The lowest BCUT2D eigenvalue weighted by atomic mass is 10.0. The average molecular weight is 542 g/mol. The standard InChI is InChI=1S/C22H30N4O2S.HI/c1-18(20-8-4-3-5-9-20)16-24-22(23-2)25-17-19-10-12-21(13-11-19)29(27,28)26-14-6-7-15-26;/h3-5,8-13,18H,6-7,14-17H2,1-2H3,(H2,23,24,25);1H. The average Bonchev–Trinajstić information content (AvgIpc) is 3.30. The van der Waals surface area contributed by atoms with E-state index in [2.05, 4.69) is 34.7 Å². The molecule has 1 aliphatic heterocycles. The molecule has 2 aromatic rings. The lowest BCUT2D eigenvalue weighted by Gasteiger charge is -2.17. The van der Waals surface area contributed by atoms with Crippen molar-refractivity contribution in [1.29, 1.82) is 0 Å². The highest BCUT2D eigenvalue weighted by molar-refractivity contribution is 14.0. The number of nitrogens with one attached hydrogen (secondary N) is 2. The van der Waals surface area contributed by atoms with E-state index >= 15 is 0 Å². The highest BCUT2D eigenvalue weighted by atomic mass is 127. The van der Waals surface area contributed by atoms with E-state index in [1.54, 1.807) is 23.5 Å². The van der Waals surface area contributed by atoms with Crippen LogP contribution in [0.4, 0.5) is 0 Å². The zero-order valence-electron chi connectivity index (χ0n) is 17.5. The Bertz CT molecular complexity index is 912. The molecule has 0 aliphatic carbocycles. The fraction of sp³-hybridized carbons (Fsp3) is 0.409. The molecule has 0 spiro atoms. The van der Waals surface area contributed by atoms with Gasteiger partial charge in [0, 0.05) is 33.2 Å². The lowest BCUT2D eigenvalue weighted by molar-refractivity contribution is 0.477. The number of rotatable bonds is 7. The Hall–Kier alpha value is -1.65. The zero-order chi connectivity index (χ0) is 20.7. The summed E-state index contributed by atoms with van der Waals surface area (Å²) < 4.78 is 26.8. The monoisotopic (exact) mass is 542 g/mol. The molecule has 2 N–H and O–H groups in total. The number of sulfonamides is 1. The molecule has 1 saturated heterocycles. The van der Waals surface area contributed by atoms with Gasteiger partial charge in [0.15, 0.2) is 5.96 Å². The van der Waals surface area contributed by atoms with Crippen LogP contribution in [0.25, 0.3) is 0 Å². The van der Waals surface area contributed by atoms with Crippen LogP contribution in [0.5, 0.6) is 0 Å². The van der Waals surface area contributed by atoms with E-state index in [1.807, 2.05) is 30.3 Å². The number of halogens is 1. The minimum absolute atomic E-state index is 0. The Balaban J connectivity index is 0.00000320. The van der Waals surface area contributed by atoms with Crippen LogP contribution in [-0.2, 0) is 16.6 Å². The largest absolute Gasteiger partial charge is 0.356 e. The third-order valence-corrected chi connectivity index (χ3v) is 7.17. The second kappa shape index (κ2) is 11.7. The van der Waals surface area contributed by atoms with E-state index < -0.39 is 10.0 Å². The third-order valence-electron chi connectivity index (χ3n) is 5.25. The Morgan fingerprint density at radius 1 is 1.03 bits per heavy atom. The molecule has 1 fully saturated rings. The first-order chi connectivity index (χ1) is 14.0. The molecule has 0 saturated carbocycles. The summed E-state index contributed by atoms with van der Waals surface area (Å²) in [5.74, 6) is 1.09. The maximum absolute atomic E-state index is 12.6. The van der Waals surface area contributed by atoms with Gasteiger partial charge in [-0.05, 0) is 42.0 Å². The first-order valence-corrected chi connectivity index (χ1v) is 11.5. The van der Waals surface area contributed by atoms with Gasteiger partial charge in [0.25, 0.3) is 0 Å². The van der Waals surface area contributed by atoms with Gasteiger partial charge in [-0.2, -0.15) is 4.31 Å². The maximum atomic E-state index is 12.6. The normalized spacial score (nSPS) is 16.0. The van der Waals surface area contributed by atoms with Crippen molar-refractivity contribution in [1.82, 2.24) is 14.9 Å². The van der Waals surface area contributed by atoms with E-state index in [9.17, 15) is 8.42 Å². The highest BCUT2D eigenvalue weighted by Gasteiger charge is 2.26. The summed E-state index contributed by atoms with van der Waals surface area (Å²) in [7, 11) is -1.61. The molecule has 3 rings (SSSR count). The predicted octanol–water partition coefficient (Wildman–Crippen LogP) is 3.56. The van der Waals surface area contributed by atoms with Gasteiger partial charge in [-0.25, -0.2) is 8.42 Å². The minimum Gasteiger partial charge on any atom is -0.356 e. The van der Waals surface area contributed by atoms with E-state index in [4.69, 9.17) is 0 Å². The van der Waals surface area contributed by atoms with Crippen molar-refractivity contribution >= 4 is 40.0 Å². The van der Waals surface area contributed by atoms with Crippen molar-refractivity contribution in [3.8, 4) is 0 Å². The fourth-order valence-corrected chi connectivity index (χ4v) is 4.93. The number of benzene rings is 2. The quantitative estimate of drug-likeness (QED) is 0.319. The Labute approximate surface area is 197 Å². The number of hydrogen-bond acceptors (Lipinski definition) is 3. The Kier molecular flexibility index (Phi) is 9.57. The van der Waals surface area contributed by atoms with E-state index in [-0.39, 0.29) is 24.0 Å². The first kappa shape index (κ1) is 24.6. The molecule has 2 aromatic carbocycles. The van der Waals surface area contributed by atoms with Crippen LogP contribution < -0.4 is 10.6 Å². The maximum Gasteiger partial charge on any atom is 0.243 e. The number of aliphatic imine (C=N–C) groups is 1. The predicted molar refractivity (Wildman–Crippen MR) is 133 cm³/mol. The van der Waals surface area contributed by atoms with Gasteiger partial charge in [-0.15, -0.1) is 24.0 Å². The van der Waals surface area contributed by atoms with Crippen molar-refractivity contribution < 1.29 is 8.42 Å². The van der Waals surface area contributed by atoms with Gasteiger partial charge in [0.05, 0.1) is 4.90 Å². The molecular formula is C22H31IN4O2S. The smallest absolute Gasteiger partial charge is 0.243 e.